The molecule has 1 aromatic carbocycles. The molecule has 0 aliphatic rings. The number of thiazole rings is 1. The Kier molecular flexibility index (Phi) is 10.5. The van der Waals surface area contributed by atoms with E-state index in [2.05, 4.69) is 29.0 Å². The van der Waals surface area contributed by atoms with E-state index in [-0.39, 0.29) is 24.0 Å². The molecule has 0 amide bonds. The number of ether oxygens (including phenoxy) is 2. The quantitative estimate of drug-likeness (QED) is 0.336. The van der Waals surface area contributed by atoms with Crippen molar-refractivity contribution in [1.29, 1.82) is 0 Å². The Morgan fingerprint density at radius 3 is 2.44 bits per heavy atom. The smallest absolute Gasteiger partial charge is 0.194 e. The third kappa shape index (κ3) is 7.53. The molecule has 8 heteroatoms. The van der Waals surface area contributed by atoms with Crippen molar-refractivity contribution in [3.8, 4) is 11.5 Å². The number of methoxy groups -OCH3 is 1. The highest BCUT2D eigenvalue weighted by molar-refractivity contribution is 14.0. The number of hydrogen-bond donors (Lipinski definition) is 1. The van der Waals surface area contributed by atoms with Crippen LogP contribution in [0.5, 0.6) is 11.5 Å². The van der Waals surface area contributed by atoms with E-state index >= 15 is 0 Å². The van der Waals surface area contributed by atoms with Crippen molar-refractivity contribution < 1.29 is 9.47 Å². The van der Waals surface area contributed by atoms with Gasteiger partial charge in [-0.3, -0.25) is 0 Å². The molecule has 0 aliphatic carbocycles. The summed E-state index contributed by atoms with van der Waals surface area (Å²) in [5.74, 6) is 2.51. The molecule has 0 bridgehead atoms. The van der Waals surface area contributed by atoms with Gasteiger partial charge in [-0.15, -0.1) is 35.3 Å². The molecule has 0 saturated heterocycles. The molecule has 2 aromatic rings. The van der Waals surface area contributed by atoms with Crippen LogP contribution in [0.25, 0.3) is 0 Å². The fraction of sp³-hybridized carbons (Fsp3) is 0.474. The van der Waals surface area contributed by atoms with Crippen molar-refractivity contribution >= 4 is 41.3 Å². The van der Waals surface area contributed by atoms with Gasteiger partial charge in [-0.05, 0) is 45.0 Å². The topological polar surface area (TPSA) is 59.0 Å². The van der Waals surface area contributed by atoms with Gasteiger partial charge in [0.1, 0.15) is 23.1 Å². The lowest BCUT2D eigenvalue weighted by atomic mass is 10.3. The van der Waals surface area contributed by atoms with Crippen molar-refractivity contribution in [2.24, 2.45) is 4.99 Å². The number of aromatic nitrogens is 1. The summed E-state index contributed by atoms with van der Waals surface area (Å²) in [7, 11) is 3.66. The Morgan fingerprint density at radius 2 is 1.89 bits per heavy atom. The molecule has 1 aromatic heterocycles. The van der Waals surface area contributed by atoms with E-state index in [0.29, 0.717) is 13.2 Å². The lowest BCUT2D eigenvalue weighted by Crippen LogP contribution is -2.40. The van der Waals surface area contributed by atoms with Crippen LogP contribution < -0.4 is 14.8 Å². The summed E-state index contributed by atoms with van der Waals surface area (Å²) in [5, 5.41) is 4.36. The van der Waals surface area contributed by atoms with E-state index < -0.39 is 0 Å². The van der Waals surface area contributed by atoms with Crippen LogP contribution in [0.2, 0.25) is 0 Å². The molecule has 1 heterocycles. The average Bonchev–Trinajstić information content (AvgIpc) is 2.97. The van der Waals surface area contributed by atoms with Gasteiger partial charge in [0, 0.05) is 18.5 Å². The SMILES string of the molecule is CCNC(=NCc1nc(C)c(C)s1)N(C)CCOc1ccc(OC)cc1.I. The highest BCUT2D eigenvalue weighted by atomic mass is 127. The average molecular weight is 504 g/mol. The highest BCUT2D eigenvalue weighted by Gasteiger charge is 2.08. The monoisotopic (exact) mass is 504 g/mol. The van der Waals surface area contributed by atoms with Gasteiger partial charge in [0.15, 0.2) is 5.96 Å². The van der Waals surface area contributed by atoms with E-state index in [4.69, 9.17) is 14.5 Å². The predicted octanol–water partition coefficient (Wildman–Crippen LogP) is 3.86. The minimum absolute atomic E-state index is 0. The maximum atomic E-state index is 5.80. The lowest BCUT2D eigenvalue weighted by molar-refractivity contribution is 0.281. The third-order valence-electron chi connectivity index (χ3n) is 3.89. The molecule has 27 heavy (non-hydrogen) atoms. The number of benzene rings is 1. The number of aliphatic imine (C=N–C) groups is 1. The Labute approximate surface area is 183 Å². The first-order valence-electron chi connectivity index (χ1n) is 8.72. The number of nitrogens with zero attached hydrogens (tertiary/aromatic N) is 3. The zero-order chi connectivity index (χ0) is 18.9. The van der Waals surface area contributed by atoms with Crippen LogP contribution in [0.1, 0.15) is 22.5 Å². The molecule has 0 saturated carbocycles. The Bertz CT molecular complexity index is 699. The Hall–Kier alpha value is -1.55. The first-order valence-corrected chi connectivity index (χ1v) is 9.54. The fourth-order valence-corrected chi connectivity index (χ4v) is 3.16. The maximum Gasteiger partial charge on any atom is 0.194 e. The van der Waals surface area contributed by atoms with Crippen LogP contribution in [-0.4, -0.2) is 49.7 Å². The van der Waals surface area contributed by atoms with Crippen molar-refractivity contribution in [2.45, 2.75) is 27.3 Å². The predicted molar refractivity (Wildman–Crippen MR) is 123 cm³/mol. The van der Waals surface area contributed by atoms with Crippen LogP contribution in [0.4, 0.5) is 0 Å². The first kappa shape index (κ1) is 23.5. The van der Waals surface area contributed by atoms with Crippen molar-refractivity contribution in [3.63, 3.8) is 0 Å². The summed E-state index contributed by atoms with van der Waals surface area (Å²) in [6.07, 6.45) is 0. The second kappa shape index (κ2) is 12.0. The van der Waals surface area contributed by atoms with Gasteiger partial charge in [-0.25, -0.2) is 9.98 Å². The molecule has 0 radical (unpaired) electrons. The molecule has 2 rings (SSSR count). The number of rotatable bonds is 8. The van der Waals surface area contributed by atoms with E-state index in [0.717, 1.165) is 41.2 Å². The van der Waals surface area contributed by atoms with Gasteiger partial charge in [0.25, 0.3) is 0 Å². The highest BCUT2D eigenvalue weighted by Crippen LogP contribution is 2.18. The van der Waals surface area contributed by atoms with E-state index in [1.807, 2.05) is 38.2 Å². The summed E-state index contributed by atoms with van der Waals surface area (Å²) in [6.45, 7) is 8.90. The summed E-state index contributed by atoms with van der Waals surface area (Å²) >= 11 is 1.70. The number of aryl methyl sites for hydroxylation is 2. The molecule has 0 aliphatic heterocycles. The molecule has 0 fully saturated rings. The fourth-order valence-electron chi connectivity index (χ4n) is 2.30. The van der Waals surface area contributed by atoms with E-state index in [1.165, 1.54) is 4.88 Å². The molecular formula is C19H29IN4O2S. The van der Waals surface area contributed by atoms with E-state index in [1.54, 1.807) is 18.4 Å². The third-order valence-corrected chi connectivity index (χ3v) is 4.95. The van der Waals surface area contributed by atoms with Crippen molar-refractivity contribution in [1.82, 2.24) is 15.2 Å². The van der Waals surface area contributed by atoms with Crippen LogP contribution >= 0.6 is 35.3 Å². The summed E-state index contributed by atoms with van der Waals surface area (Å²) in [5.41, 5.74) is 1.09. The van der Waals surface area contributed by atoms with Crippen LogP contribution in [-0.2, 0) is 6.54 Å². The molecule has 1 N–H and O–H groups in total. The number of guanidine groups is 1. The van der Waals surface area contributed by atoms with Gasteiger partial charge in [-0.2, -0.15) is 0 Å². The molecule has 0 atom stereocenters. The second-order valence-electron chi connectivity index (χ2n) is 5.86. The van der Waals surface area contributed by atoms with Crippen LogP contribution in [0.3, 0.4) is 0 Å². The minimum atomic E-state index is 0. The van der Waals surface area contributed by atoms with E-state index in [9.17, 15) is 0 Å². The Balaban J connectivity index is 0.00000364. The standard InChI is InChI=1S/C19H28N4O2S.HI/c1-6-20-19(21-13-18-22-14(2)15(3)26-18)23(4)11-12-25-17-9-7-16(24-5)8-10-17;/h7-10H,6,11-13H2,1-5H3,(H,20,21);1H. The number of hydrogen-bond acceptors (Lipinski definition) is 5. The van der Waals surface area contributed by atoms with Crippen LogP contribution in [0.15, 0.2) is 29.3 Å². The van der Waals surface area contributed by atoms with Gasteiger partial charge < -0.3 is 19.7 Å². The second-order valence-corrected chi connectivity index (χ2v) is 7.15. The first-order chi connectivity index (χ1) is 12.5. The van der Waals surface area contributed by atoms with Gasteiger partial charge in [0.2, 0.25) is 0 Å². The summed E-state index contributed by atoms with van der Waals surface area (Å²) < 4.78 is 10.9. The largest absolute Gasteiger partial charge is 0.497 e. The lowest BCUT2D eigenvalue weighted by Gasteiger charge is -2.22. The van der Waals surface area contributed by atoms with Gasteiger partial charge in [-0.1, -0.05) is 0 Å². The van der Waals surface area contributed by atoms with Crippen LogP contribution in [0, 0.1) is 13.8 Å². The van der Waals surface area contributed by atoms with Crippen molar-refractivity contribution in [3.05, 3.63) is 39.8 Å². The summed E-state index contributed by atoms with van der Waals surface area (Å²) in [6, 6.07) is 7.60. The Morgan fingerprint density at radius 1 is 1.22 bits per heavy atom. The van der Waals surface area contributed by atoms with Gasteiger partial charge in [0.05, 0.1) is 25.9 Å². The molecular weight excluding hydrogens is 475 g/mol. The normalized spacial score (nSPS) is 10.9. The van der Waals surface area contributed by atoms with Crippen molar-refractivity contribution in [2.75, 3.05) is 33.9 Å². The molecule has 150 valence electrons. The number of halogens is 1. The maximum absolute atomic E-state index is 5.80. The summed E-state index contributed by atoms with van der Waals surface area (Å²) in [4.78, 5) is 12.6. The number of likely N-dealkylation sites (N-methyl/N-ethyl adjacent to an activating group) is 1. The zero-order valence-corrected chi connectivity index (χ0v) is 19.8. The van der Waals surface area contributed by atoms with Gasteiger partial charge >= 0.3 is 0 Å². The minimum Gasteiger partial charge on any atom is -0.497 e. The molecule has 6 nitrogen and oxygen atoms in total. The zero-order valence-electron chi connectivity index (χ0n) is 16.6. The molecule has 0 spiro atoms. The number of nitrogens with one attached hydrogen (secondary N) is 1. The molecule has 0 unspecified atom stereocenters.